The van der Waals surface area contributed by atoms with Crippen LogP contribution < -0.4 is 5.32 Å². The van der Waals surface area contributed by atoms with E-state index in [-0.39, 0.29) is 16.0 Å². The van der Waals surface area contributed by atoms with E-state index >= 15 is 0 Å². The van der Waals surface area contributed by atoms with Crippen molar-refractivity contribution in [3.8, 4) is 0 Å². The molecule has 3 rings (SSSR count). The average Bonchev–Trinajstić information content (AvgIpc) is 2.63. The molecule has 25 heavy (non-hydrogen) atoms. The number of rotatable bonds is 6. The van der Waals surface area contributed by atoms with Crippen molar-refractivity contribution in [2.45, 2.75) is 24.8 Å². The highest BCUT2D eigenvalue weighted by molar-refractivity contribution is 6.30. The summed E-state index contributed by atoms with van der Waals surface area (Å²) in [5.74, 6) is 0. The Morgan fingerprint density at radius 3 is 2.56 bits per heavy atom. The van der Waals surface area contributed by atoms with E-state index < -0.39 is 0 Å². The number of hydrogen-bond acceptors (Lipinski definition) is 4. The fourth-order valence-electron chi connectivity index (χ4n) is 3.36. The molecule has 0 amide bonds. The lowest BCUT2D eigenvalue weighted by Gasteiger charge is -2.38. The molecule has 1 aliphatic heterocycles. The van der Waals surface area contributed by atoms with Crippen molar-refractivity contribution in [2.24, 2.45) is 0 Å². The van der Waals surface area contributed by atoms with Gasteiger partial charge in [0.25, 0.3) is 5.69 Å². The van der Waals surface area contributed by atoms with Crippen LogP contribution in [0, 0.1) is 10.1 Å². The fourth-order valence-corrected chi connectivity index (χ4v) is 3.49. The van der Waals surface area contributed by atoms with Crippen LogP contribution in [0.1, 0.15) is 24.0 Å². The Kier molecular flexibility index (Phi) is 5.68. The van der Waals surface area contributed by atoms with Crippen molar-refractivity contribution < 1.29 is 9.66 Å². The van der Waals surface area contributed by atoms with Crippen LogP contribution in [0.15, 0.2) is 48.5 Å². The standard InChI is InChI=1S/C19H21ClN2O3/c20-17-6-4-16(5-7-17)19(8-10-25-11-9-19)14-21-13-15-2-1-3-18(12-15)22(23)24/h1-7,12,21H,8-11,13-14H2. The van der Waals surface area contributed by atoms with Gasteiger partial charge in [-0.1, -0.05) is 35.9 Å². The second-order valence-electron chi connectivity index (χ2n) is 6.43. The zero-order valence-electron chi connectivity index (χ0n) is 13.9. The van der Waals surface area contributed by atoms with Crippen LogP contribution in [0.2, 0.25) is 5.02 Å². The molecule has 2 aromatic rings. The van der Waals surface area contributed by atoms with E-state index in [2.05, 4.69) is 17.4 Å². The molecular weight excluding hydrogens is 340 g/mol. The summed E-state index contributed by atoms with van der Waals surface area (Å²) in [4.78, 5) is 10.5. The van der Waals surface area contributed by atoms with Gasteiger partial charge in [0.2, 0.25) is 0 Å². The quantitative estimate of drug-likeness (QED) is 0.622. The monoisotopic (exact) mass is 360 g/mol. The summed E-state index contributed by atoms with van der Waals surface area (Å²) in [6.45, 7) is 2.86. The van der Waals surface area contributed by atoms with Gasteiger partial charge < -0.3 is 10.1 Å². The van der Waals surface area contributed by atoms with Gasteiger partial charge in [0.05, 0.1) is 4.92 Å². The molecule has 1 heterocycles. The zero-order valence-corrected chi connectivity index (χ0v) is 14.7. The maximum absolute atomic E-state index is 10.9. The van der Waals surface area contributed by atoms with E-state index in [0.29, 0.717) is 6.54 Å². The first kappa shape index (κ1) is 17.9. The normalized spacial score (nSPS) is 16.5. The summed E-state index contributed by atoms with van der Waals surface area (Å²) in [6.07, 6.45) is 1.88. The molecule has 0 atom stereocenters. The number of benzene rings is 2. The number of nitro benzene ring substituents is 1. The maximum Gasteiger partial charge on any atom is 0.269 e. The van der Waals surface area contributed by atoms with Gasteiger partial charge in [-0.25, -0.2) is 0 Å². The summed E-state index contributed by atoms with van der Waals surface area (Å²) in [7, 11) is 0. The number of nitrogens with zero attached hydrogens (tertiary/aromatic N) is 1. The van der Waals surface area contributed by atoms with E-state index in [9.17, 15) is 10.1 Å². The Bertz CT molecular complexity index is 728. The first-order valence-corrected chi connectivity index (χ1v) is 8.75. The molecule has 1 aliphatic rings. The molecule has 0 saturated carbocycles. The first-order valence-electron chi connectivity index (χ1n) is 8.37. The van der Waals surface area contributed by atoms with Crippen molar-refractivity contribution in [3.05, 3.63) is 74.8 Å². The van der Waals surface area contributed by atoms with E-state index in [1.807, 2.05) is 18.2 Å². The van der Waals surface area contributed by atoms with Crippen LogP contribution in [0.5, 0.6) is 0 Å². The van der Waals surface area contributed by atoms with Gasteiger partial charge in [0.1, 0.15) is 0 Å². The van der Waals surface area contributed by atoms with E-state index in [0.717, 1.165) is 43.2 Å². The lowest BCUT2D eigenvalue weighted by Crippen LogP contribution is -2.42. The number of hydrogen-bond donors (Lipinski definition) is 1. The number of halogens is 1. The van der Waals surface area contributed by atoms with Gasteiger partial charge in [-0.3, -0.25) is 10.1 Å². The van der Waals surface area contributed by atoms with Gasteiger partial charge >= 0.3 is 0 Å². The van der Waals surface area contributed by atoms with Crippen LogP contribution in [-0.2, 0) is 16.7 Å². The molecule has 1 N–H and O–H groups in total. The second-order valence-corrected chi connectivity index (χ2v) is 6.87. The van der Waals surface area contributed by atoms with Crippen LogP contribution in [0.25, 0.3) is 0 Å². The van der Waals surface area contributed by atoms with Gasteiger partial charge in [0.15, 0.2) is 0 Å². The minimum Gasteiger partial charge on any atom is -0.381 e. The molecule has 6 heteroatoms. The summed E-state index contributed by atoms with van der Waals surface area (Å²) < 4.78 is 5.55. The molecule has 1 saturated heterocycles. The summed E-state index contributed by atoms with van der Waals surface area (Å²) in [5, 5.41) is 15.1. The van der Waals surface area contributed by atoms with Crippen molar-refractivity contribution in [1.29, 1.82) is 0 Å². The molecule has 2 aromatic carbocycles. The molecule has 0 spiro atoms. The van der Waals surface area contributed by atoms with Crippen molar-refractivity contribution >= 4 is 17.3 Å². The van der Waals surface area contributed by atoms with Crippen molar-refractivity contribution in [1.82, 2.24) is 5.32 Å². The average molecular weight is 361 g/mol. The van der Waals surface area contributed by atoms with Gasteiger partial charge in [-0.05, 0) is 36.1 Å². The molecule has 132 valence electrons. The molecule has 5 nitrogen and oxygen atoms in total. The summed E-state index contributed by atoms with van der Waals surface area (Å²) >= 11 is 6.03. The Hall–Kier alpha value is -1.95. The van der Waals surface area contributed by atoms with Crippen molar-refractivity contribution in [3.63, 3.8) is 0 Å². The third-order valence-electron chi connectivity index (χ3n) is 4.82. The highest BCUT2D eigenvalue weighted by atomic mass is 35.5. The predicted molar refractivity (Wildman–Crippen MR) is 98.0 cm³/mol. The smallest absolute Gasteiger partial charge is 0.269 e. The Morgan fingerprint density at radius 2 is 1.88 bits per heavy atom. The third kappa shape index (κ3) is 4.37. The van der Waals surface area contributed by atoms with Crippen LogP contribution in [0.3, 0.4) is 0 Å². The van der Waals surface area contributed by atoms with E-state index in [4.69, 9.17) is 16.3 Å². The number of non-ortho nitro benzene ring substituents is 1. The molecule has 1 fully saturated rings. The van der Waals surface area contributed by atoms with Crippen LogP contribution in [-0.4, -0.2) is 24.7 Å². The molecular formula is C19H21ClN2O3. The minimum atomic E-state index is -0.364. The Morgan fingerprint density at radius 1 is 1.16 bits per heavy atom. The first-order chi connectivity index (χ1) is 12.1. The zero-order chi connectivity index (χ0) is 17.7. The molecule has 0 aromatic heterocycles. The lowest BCUT2D eigenvalue weighted by atomic mass is 9.74. The molecule has 0 radical (unpaired) electrons. The lowest BCUT2D eigenvalue weighted by molar-refractivity contribution is -0.384. The fraction of sp³-hybridized carbons (Fsp3) is 0.368. The summed E-state index contributed by atoms with van der Waals surface area (Å²) in [6, 6.07) is 14.8. The Balaban J connectivity index is 1.70. The van der Waals surface area contributed by atoms with Gasteiger partial charge in [-0.2, -0.15) is 0 Å². The molecule has 0 bridgehead atoms. The highest BCUT2D eigenvalue weighted by Gasteiger charge is 2.34. The van der Waals surface area contributed by atoms with E-state index in [1.54, 1.807) is 12.1 Å². The van der Waals surface area contributed by atoms with E-state index in [1.165, 1.54) is 11.6 Å². The Labute approximate surface area is 152 Å². The second kappa shape index (κ2) is 7.95. The molecule has 0 aliphatic carbocycles. The molecule has 0 unspecified atom stereocenters. The number of nitro groups is 1. The van der Waals surface area contributed by atoms with Crippen LogP contribution in [0.4, 0.5) is 5.69 Å². The largest absolute Gasteiger partial charge is 0.381 e. The predicted octanol–water partition coefficient (Wildman–Crippen LogP) is 4.09. The van der Waals surface area contributed by atoms with Gasteiger partial charge in [0, 0.05) is 48.9 Å². The van der Waals surface area contributed by atoms with Crippen molar-refractivity contribution in [2.75, 3.05) is 19.8 Å². The SMILES string of the molecule is O=[N+]([O-])c1cccc(CNCC2(c3ccc(Cl)cc3)CCOCC2)c1. The van der Waals surface area contributed by atoms with Crippen LogP contribution >= 0.6 is 11.6 Å². The topological polar surface area (TPSA) is 64.4 Å². The summed E-state index contributed by atoms with van der Waals surface area (Å²) in [5.41, 5.74) is 2.29. The number of ether oxygens (including phenoxy) is 1. The highest BCUT2D eigenvalue weighted by Crippen LogP contribution is 2.35. The minimum absolute atomic E-state index is 0.00352. The third-order valence-corrected chi connectivity index (χ3v) is 5.07. The van der Waals surface area contributed by atoms with Gasteiger partial charge in [-0.15, -0.1) is 0 Å². The number of nitrogens with one attached hydrogen (secondary N) is 1. The maximum atomic E-state index is 10.9.